The first-order chi connectivity index (χ1) is 7.60. The largest absolute Gasteiger partial charge is 0.481 e. The zero-order valence-electron chi connectivity index (χ0n) is 8.94. The second kappa shape index (κ2) is 3.81. The van der Waals surface area contributed by atoms with Crippen molar-refractivity contribution in [2.75, 3.05) is 6.61 Å². The summed E-state index contributed by atoms with van der Waals surface area (Å²) < 4.78 is 4.80. The SMILES string of the molecule is C=CCOC(=O)N[C@H]1CC[C@@]2(C(=O)O)C[C@@H]12. The number of fused-ring (bicyclic) bond motifs is 1. The minimum atomic E-state index is -0.735. The molecule has 0 bridgehead atoms. The fourth-order valence-electron chi connectivity index (χ4n) is 2.62. The van der Waals surface area contributed by atoms with Crippen molar-refractivity contribution in [2.24, 2.45) is 11.3 Å². The lowest BCUT2D eigenvalue weighted by atomic mass is 10.1. The van der Waals surface area contributed by atoms with Gasteiger partial charge in [-0.25, -0.2) is 4.79 Å². The van der Waals surface area contributed by atoms with Crippen LogP contribution in [0.25, 0.3) is 0 Å². The molecule has 2 N–H and O–H groups in total. The summed E-state index contributed by atoms with van der Waals surface area (Å²) in [4.78, 5) is 22.3. The second-order valence-corrected chi connectivity index (χ2v) is 4.45. The highest BCUT2D eigenvalue weighted by Gasteiger charge is 2.67. The molecule has 2 rings (SSSR count). The van der Waals surface area contributed by atoms with Gasteiger partial charge in [-0.15, -0.1) is 0 Å². The Balaban J connectivity index is 1.84. The van der Waals surface area contributed by atoms with Crippen LogP contribution in [0.3, 0.4) is 0 Å². The number of aliphatic carboxylic acids is 1. The third kappa shape index (κ3) is 1.66. The van der Waals surface area contributed by atoms with Crippen molar-refractivity contribution in [2.45, 2.75) is 25.3 Å². The van der Waals surface area contributed by atoms with E-state index in [0.717, 1.165) is 6.42 Å². The van der Waals surface area contributed by atoms with Gasteiger partial charge in [0.2, 0.25) is 0 Å². The number of carbonyl (C=O) groups is 2. The molecule has 0 aromatic carbocycles. The van der Waals surface area contributed by atoms with Crippen LogP contribution in [0, 0.1) is 11.3 Å². The summed E-state index contributed by atoms with van der Waals surface area (Å²) in [6.45, 7) is 3.61. The Morgan fingerprint density at radius 2 is 2.38 bits per heavy atom. The van der Waals surface area contributed by atoms with Crippen LogP contribution in [-0.4, -0.2) is 29.8 Å². The average molecular weight is 225 g/mol. The maximum atomic E-state index is 11.3. The molecule has 0 aromatic rings. The fraction of sp³-hybridized carbons (Fsp3) is 0.636. The number of rotatable bonds is 4. The predicted octanol–water partition coefficient (Wildman–Crippen LogP) is 1.15. The molecule has 5 nitrogen and oxygen atoms in total. The Kier molecular flexibility index (Phi) is 2.61. The molecule has 0 saturated heterocycles. The maximum Gasteiger partial charge on any atom is 0.407 e. The summed E-state index contributed by atoms with van der Waals surface area (Å²) in [6, 6.07) is -0.0478. The van der Waals surface area contributed by atoms with Crippen LogP contribution in [0.15, 0.2) is 12.7 Å². The van der Waals surface area contributed by atoms with Crippen molar-refractivity contribution in [3.05, 3.63) is 12.7 Å². The van der Waals surface area contributed by atoms with E-state index >= 15 is 0 Å². The third-order valence-electron chi connectivity index (χ3n) is 3.58. The minimum absolute atomic E-state index is 0.0478. The number of amides is 1. The number of carboxylic acid groups (broad SMARTS) is 1. The summed E-state index contributed by atoms with van der Waals surface area (Å²) in [6.07, 6.45) is 3.05. The van der Waals surface area contributed by atoms with Crippen molar-refractivity contribution in [3.8, 4) is 0 Å². The van der Waals surface area contributed by atoms with E-state index in [4.69, 9.17) is 9.84 Å². The van der Waals surface area contributed by atoms with Gasteiger partial charge in [0.05, 0.1) is 5.41 Å². The van der Waals surface area contributed by atoms with Crippen LogP contribution in [-0.2, 0) is 9.53 Å². The number of carboxylic acids is 1. The highest BCUT2D eigenvalue weighted by atomic mass is 16.5. The Bertz CT molecular complexity index is 341. The van der Waals surface area contributed by atoms with E-state index < -0.39 is 17.5 Å². The molecule has 0 radical (unpaired) electrons. The first-order valence-corrected chi connectivity index (χ1v) is 5.38. The Morgan fingerprint density at radius 3 is 2.88 bits per heavy atom. The van der Waals surface area contributed by atoms with Crippen molar-refractivity contribution in [1.29, 1.82) is 0 Å². The molecule has 2 fully saturated rings. The summed E-state index contributed by atoms with van der Waals surface area (Å²) in [7, 11) is 0. The standard InChI is InChI=1S/C11H15NO4/c1-2-5-16-10(15)12-8-3-4-11(9(13)14)6-7(8)11/h2,7-8H,1,3-6H2,(H,12,15)(H,13,14)/t7-,8-,11+/m0/s1. The van der Waals surface area contributed by atoms with E-state index in [9.17, 15) is 9.59 Å². The lowest BCUT2D eigenvalue weighted by Crippen LogP contribution is -2.35. The lowest BCUT2D eigenvalue weighted by Gasteiger charge is -2.13. The molecule has 0 aliphatic heterocycles. The smallest absolute Gasteiger partial charge is 0.407 e. The molecule has 2 aliphatic rings. The van der Waals surface area contributed by atoms with Gasteiger partial charge in [0, 0.05) is 6.04 Å². The van der Waals surface area contributed by atoms with Crippen LogP contribution in [0.4, 0.5) is 4.79 Å². The fourth-order valence-corrected chi connectivity index (χ4v) is 2.62. The molecular weight excluding hydrogens is 210 g/mol. The van der Waals surface area contributed by atoms with Crippen LogP contribution < -0.4 is 5.32 Å². The molecule has 0 unspecified atom stereocenters. The monoisotopic (exact) mass is 225 g/mol. The quantitative estimate of drug-likeness (QED) is 0.704. The topological polar surface area (TPSA) is 75.6 Å². The van der Waals surface area contributed by atoms with E-state index in [2.05, 4.69) is 11.9 Å². The molecule has 2 aliphatic carbocycles. The van der Waals surface area contributed by atoms with E-state index in [1.54, 1.807) is 0 Å². The zero-order valence-corrected chi connectivity index (χ0v) is 8.94. The van der Waals surface area contributed by atoms with Gasteiger partial charge in [-0.2, -0.15) is 0 Å². The van der Waals surface area contributed by atoms with E-state index in [1.165, 1.54) is 6.08 Å². The highest BCUT2D eigenvalue weighted by Crippen LogP contribution is 2.63. The van der Waals surface area contributed by atoms with Gasteiger partial charge < -0.3 is 15.2 Å². The number of alkyl carbamates (subject to hydrolysis) is 1. The molecule has 88 valence electrons. The third-order valence-corrected chi connectivity index (χ3v) is 3.58. The number of hydrogen-bond donors (Lipinski definition) is 2. The zero-order chi connectivity index (χ0) is 11.8. The van der Waals surface area contributed by atoms with Gasteiger partial charge in [0.25, 0.3) is 0 Å². The van der Waals surface area contributed by atoms with Gasteiger partial charge in [-0.1, -0.05) is 12.7 Å². The van der Waals surface area contributed by atoms with Crippen molar-refractivity contribution >= 4 is 12.1 Å². The summed E-state index contributed by atoms with van der Waals surface area (Å²) in [5.74, 6) is -0.650. The average Bonchev–Trinajstić information content (AvgIpc) is 2.90. The number of hydrogen-bond acceptors (Lipinski definition) is 3. The molecule has 2 saturated carbocycles. The van der Waals surface area contributed by atoms with Crippen LogP contribution >= 0.6 is 0 Å². The van der Waals surface area contributed by atoms with Crippen LogP contribution in [0.2, 0.25) is 0 Å². The van der Waals surface area contributed by atoms with Crippen molar-refractivity contribution < 1.29 is 19.4 Å². The molecule has 16 heavy (non-hydrogen) atoms. The molecular formula is C11H15NO4. The normalized spacial score (nSPS) is 35.0. The van der Waals surface area contributed by atoms with E-state index in [-0.39, 0.29) is 18.6 Å². The minimum Gasteiger partial charge on any atom is -0.481 e. The number of carbonyl (C=O) groups excluding carboxylic acids is 1. The molecule has 0 spiro atoms. The Labute approximate surface area is 93.5 Å². The van der Waals surface area contributed by atoms with Gasteiger partial charge >= 0.3 is 12.1 Å². The molecule has 5 heteroatoms. The highest BCUT2D eigenvalue weighted by molar-refractivity contribution is 5.80. The molecule has 0 aromatic heterocycles. The lowest BCUT2D eigenvalue weighted by molar-refractivity contribution is -0.143. The van der Waals surface area contributed by atoms with Crippen LogP contribution in [0.5, 0.6) is 0 Å². The molecule has 0 heterocycles. The Morgan fingerprint density at radius 1 is 1.62 bits per heavy atom. The first-order valence-electron chi connectivity index (χ1n) is 5.38. The van der Waals surface area contributed by atoms with Gasteiger partial charge in [0.15, 0.2) is 0 Å². The Hall–Kier alpha value is -1.52. The number of nitrogens with one attached hydrogen (secondary N) is 1. The molecule has 3 atom stereocenters. The first kappa shape index (κ1) is 11.0. The van der Waals surface area contributed by atoms with Crippen molar-refractivity contribution in [1.82, 2.24) is 5.32 Å². The summed E-state index contributed by atoms with van der Waals surface area (Å²) in [5.41, 5.74) is -0.559. The van der Waals surface area contributed by atoms with Crippen LogP contribution in [0.1, 0.15) is 19.3 Å². The molecule has 1 amide bonds. The van der Waals surface area contributed by atoms with E-state index in [0.29, 0.717) is 12.8 Å². The van der Waals surface area contributed by atoms with Crippen molar-refractivity contribution in [3.63, 3.8) is 0 Å². The summed E-state index contributed by atoms with van der Waals surface area (Å²) in [5, 5.41) is 11.8. The second-order valence-electron chi connectivity index (χ2n) is 4.45. The van der Waals surface area contributed by atoms with Gasteiger partial charge in [0.1, 0.15) is 6.61 Å². The predicted molar refractivity (Wildman–Crippen MR) is 55.9 cm³/mol. The van der Waals surface area contributed by atoms with Gasteiger partial charge in [-0.05, 0) is 25.2 Å². The van der Waals surface area contributed by atoms with E-state index in [1.807, 2.05) is 0 Å². The number of ether oxygens (including phenoxy) is 1. The van der Waals surface area contributed by atoms with Gasteiger partial charge in [-0.3, -0.25) is 4.79 Å². The summed E-state index contributed by atoms with van der Waals surface area (Å²) >= 11 is 0. The maximum absolute atomic E-state index is 11.3.